The number of benzene rings is 1. The van der Waals surface area contributed by atoms with Crippen LogP contribution in [0.15, 0.2) is 18.2 Å². The minimum Gasteiger partial charge on any atom is -0.341 e. The van der Waals surface area contributed by atoms with E-state index in [-0.39, 0.29) is 30.8 Å². The fraction of sp³-hybridized carbons (Fsp3) is 0.462. The topological polar surface area (TPSA) is 46.3 Å². The van der Waals surface area contributed by atoms with E-state index < -0.39 is 5.82 Å². The van der Waals surface area contributed by atoms with Crippen LogP contribution in [0.5, 0.6) is 0 Å². The van der Waals surface area contributed by atoms with Crippen LogP contribution in [0.1, 0.15) is 18.4 Å². The number of carbonyl (C=O) groups excluding carboxylic acids is 1. The van der Waals surface area contributed by atoms with Gasteiger partial charge in [0.25, 0.3) is 0 Å². The first-order valence-corrected chi connectivity index (χ1v) is 6.41. The predicted molar refractivity (Wildman–Crippen MR) is 76.2 cm³/mol. The summed E-state index contributed by atoms with van der Waals surface area (Å²) in [7, 11) is 0. The average molecular weight is 307 g/mol. The third kappa shape index (κ3) is 4.64. The van der Waals surface area contributed by atoms with E-state index in [1.807, 2.05) is 0 Å². The van der Waals surface area contributed by atoms with Gasteiger partial charge in [0.1, 0.15) is 5.82 Å². The van der Waals surface area contributed by atoms with Crippen LogP contribution < -0.4 is 5.73 Å². The van der Waals surface area contributed by atoms with Gasteiger partial charge in [-0.25, -0.2) is 4.39 Å². The molecule has 1 heterocycles. The molecule has 0 aromatic heterocycles. The van der Waals surface area contributed by atoms with Crippen molar-refractivity contribution in [2.75, 3.05) is 13.1 Å². The second-order valence-electron chi connectivity index (χ2n) is 4.70. The molecule has 6 heteroatoms. The van der Waals surface area contributed by atoms with Gasteiger partial charge >= 0.3 is 0 Å². The van der Waals surface area contributed by atoms with Crippen molar-refractivity contribution in [3.63, 3.8) is 0 Å². The zero-order chi connectivity index (χ0) is 13.1. The molecule has 1 aliphatic heterocycles. The summed E-state index contributed by atoms with van der Waals surface area (Å²) in [4.78, 5) is 13.8. The average Bonchev–Trinajstić information content (AvgIpc) is 2.27. The largest absolute Gasteiger partial charge is 0.341 e. The zero-order valence-electron chi connectivity index (χ0n) is 10.4. The Morgan fingerprint density at radius 3 is 2.84 bits per heavy atom. The van der Waals surface area contributed by atoms with Crippen molar-refractivity contribution in [2.45, 2.75) is 25.3 Å². The summed E-state index contributed by atoms with van der Waals surface area (Å²) in [5, 5.41) is 0.313. The molecule has 0 bridgehead atoms. The molecule has 19 heavy (non-hydrogen) atoms. The number of hydrogen-bond donors (Lipinski definition) is 1. The molecule has 2 N–H and O–H groups in total. The number of piperidine rings is 1. The molecule has 3 nitrogen and oxygen atoms in total. The van der Waals surface area contributed by atoms with Crippen LogP contribution in [0.3, 0.4) is 0 Å². The highest BCUT2D eigenvalue weighted by atomic mass is 35.5. The van der Waals surface area contributed by atoms with Gasteiger partial charge in [0.2, 0.25) is 5.91 Å². The molecule has 1 fully saturated rings. The Morgan fingerprint density at radius 2 is 2.21 bits per heavy atom. The second-order valence-corrected chi connectivity index (χ2v) is 5.13. The molecule has 0 saturated carbocycles. The summed E-state index contributed by atoms with van der Waals surface area (Å²) in [5.41, 5.74) is 6.43. The number of nitrogens with two attached hydrogens (primary N) is 1. The maximum absolute atomic E-state index is 13.2. The lowest BCUT2D eigenvalue weighted by Crippen LogP contribution is -2.46. The van der Waals surface area contributed by atoms with Crippen molar-refractivity contribution in [1.29, 1.82) is 0 Å². The SMILES string of the molecule is Cl.N[C@H]1CCCN(C(=O)Cc2cc(F)cc(Cl)c2)C1. The van der Waals surface area contributed by atoms with Crippen molar-refractivity contribution in [3.05, 3.63) is 34.6 Å². The third-order valence-electron chi connectivity index (χ3n) is 3.09. The molecule has 1 aromatic rings. The first kappa shape index (κ1) is 16.2. The van der Waals surface area contributed by atoms with Crippen LogP contribution in [0, 0.1) is 5.82 Å². The fourth-order valence-electron chi connectivity index (χ4n) is 2.24. The van der Waals surface area contributed by atoms with E-state index in [0.29, 0.717) is 17.1 Å². The van der Waals surface area contributed by atoms with E-state index in [2.05, 4.69) is 0 Å². The Labute approximate surface area is 123 Å². The van der Waals surface area contributed by atoms with Gasteiger partial charge in [-0.1, -0.05) is 11.6 Å². The lowest BCUT2D eigenvalue weighted by molar-refractivity contribution is -0.131. The number of likely N-dealkylation sites (tertiary alicyclic amines) is 1. The van der Waals surface area contributed by atoms with Crippen LogP contribution in [0.4, 0.5) is 4.39 Å². The third-order valence-corrected chi connectivity index (χ3v) is 3.31. The minimum atomic E-state index is -0.416. The number of rotatable bonds is 2. The summed E-state index contributed by atoms with van der Waals surface area (Å²) >= 11 is 5.76. The van der Waals surface area contributed by atoms with Crippen molar-refractivity contribution in [3.8, 4) is 0 Å². The van der Waals surface area contributed by atoms with Gasteiger partial charge in [-0.05, 0) is 36.6 Å². The predicted octanol–water partition coefficient (Wildman–Crippen LogP) is 2.39. The van der Waals surface area contributed by atoms with Gasteiger partial charge in [0.05, 0.1) is 6.42 Å². The van der Waals surface area contributed by atoms with Gasteiger partial charge in [0, 0.05) is 24.2 Å². The molecular formula is C13H17Cl2FN2O. The minimum absolute atomic E-state index is 0. The van der Waals surface area contributed by atoms with Crippen LogP contribution in [0.25, 0.3) is 0 Å². The molecule has 2 rings (SSSR count). The maximum atomic E-state index is 13.2. The highest BCUT2D eigenvalue weighted by molar-refractivity contribution is 6.30. The van der Waals surface area contributed by atoms with Crippen LogP contribution in [-0.4, -0.2) is 29.9 Å². The van der Waals surface area contributed by atoms with Crippen molar-refractivity contribution in [2.24, 2.45) is 5.73 Å². The van der Waals surface area contributed by atoms with Crippen molar-refractivity contribution >= 4 is 29.9 Å². The Bertz CT molecular complexity index is 436. The molecule has 106 valence electrons. The van der Waals surface area contributed by atoms with Gasteiger partial charge in [-0.3, -0.25) is 4.79 Å². The second kappa shape index (κ2) is 7.08. The molecule has 1 aromatic carbocycles. The molecule has 1 saturated heterocycles. The summed E-state index contributed by atoms with van der Waals surface area (Å²) in [6.07, 6.45) is 2.05. The quantitative estimate of drug-likeness (QED) is 0.912. The Balaban J connectivity index is 0.00000180. The molecule has 0 unspecified atom stereocenters. The summed E-state index contributed by atoms with van der Waals surface area (Å²) in [5.74, 6) is -0.438. The van der Waals surface area contributed by atoms with E-state index in [1.54, 1.807) is 11.0 Å². The molecule has 1 atom stereocenters. The van der Waals surface area contributed by atoms with Gasteiger partial charge in [-0.15, -0.1) is 12.4 Å². The summed E-state index contributed by atoms with van der Waals surface area (Å²) in [6, 6.07) is 4.24. The molecular weight excluding hydrogens is 290 g/mol. The van der Waals surface area contributed by atoms with Crippen molar-refractivity contribution < 1.29 is 9.18 Å². The van der Waals surface area contributed by atoms with Crippen LogP contribution in [-0.2, 0) is 11.2 Å². The lowest BCUT2D eigenvalue weighted by atomic mass is 10.1. The molecule has 1 aliphatic rings. The standard InChI is InChI=1S/C13H16ClFN2O.ClH/c14-10-4-9(5-11(15)7-10)6-13(18)17-3-1-2-12(16)8-17;/h4-5,7,12H,1-3,6,8,16H2;1H/t12-;/m0./s1. The van der Waals surface area contributed by atoms with E-state index in [0.717, 1.165) is 19.4 Å². The summed E-state index contributed by atoms with van der Waals surface area (Å²) in [6.45, 7) is 1.32. The number of nitrogens with zero attached hydrogens (tertiary/aromatic N) is 1. The first-order valence-electron chi connectivity index (χ1n) is 6.03. The maximum Gasteiger partial charge on any atom is 0.227 e. The van der Waals surface area contributed by atoms with Crippen molar-refractivity contribution in [1.82, 2.24) is 4.90 Å². The molecule has 0 radical (unpaired) electrons. The highest BCUT2D eigenvalue weighted by Gasteiger charge is 2.21. The van der Waals surface area contributed by atoms with Crippen LogP contribution in [0.2, 0.25) is 5.02 Å². The molecule has 1 amide bonds. The summed E-state index contributed by atoms with van der Waals surface area (Å²) < 4.78 is 13.2. The smallest absolute Gasteiger partial charge is 0.227 e. The molecule has 0 aliphatic carbocycles. The number of amides is 1. The highest BCUT2D eigenvalue weighted by Crippen LogP contribution is 2.16. The zero-order valence-corrected chi connectivity index (χ0v) is 12.0. The van der Waals surface area contributed by atoms with E-state index in [1.165, 1.54) is 12.1 Å². The normalized spacial score (nSPS) is 18.9. The number of carbonyl (C=O) groups is 1. The van der Waals surface area contributed by atoms with Gasteiger partial charge < -0.3 is 10.6 Å². The Morgan fingerprint density at radius 1 is 1.47 bits per heavy atom. The lowest BCUT2D eigenvalue weighted by Gasteiger charge is -2.30. The van der Waals surface area contributed by atoms with E-state index in [9.17, 15) is 9.18 Å². The van der Waals surface area contributed by atoms with Gasteiger partial charge in [-0.2, -0.15) is 0 Å². The number of hydrogen-bond acceptors (Lipinski definition) is 2. The Kier molecular flexibility index (Phi) is 6.04. The van der Waals surface area contributed by atoms with E-state index in [4.69, 9.17) is 17.3 Å². The Hall–Kier alpha value is -0.840. The van der Waals surface area contributed by atoms with Crippen LogP contribution >= 0.6 is 24.0 Å². The molecule has 0 spiro atoms. The fourth-order valence-corrected chi connectivity index (χ4v) is 2.48. The first-order chi connectivity index (χ1) is 8.54. The number of halogens is 3. The van der Waals surface area contributed by atoms with E-state index >= 15 is 0 Å². The monoisotopic (exact) mass is 306 g/mol. The van der Waals surface area contributed by atoms with Gasteiger partial charge in [0.15, 0.2) is 0 Å².